The third kappa shape index (κ3) is 39.0. The molecular weight excluding hydrogens is 689 g/mol. The van der Waals surface area contributed by atoms with E-state index in [1.807, 2.05) is 6.08 Å². The summed E-state index contributed by atoms with van der Waals surface area (Å²) < 4.78 is 32.6. The number of rotatable bonds is 37. The minimum absolute atomic E-state index is 0.0399. The van der Waals surface area contributed by atoms with Gasteiger partial charge in [0.15, 0.2) is 6.10 Å². The standard InChI is InChI=1S/C43H74NO8P/c1-3-5-7-9-11-13-15-17-19-20-22-24-26-28-30-32-34-36-43(46)52-41(40-51-53(47,48)50-38-37-44)39-49-42(45)35-33-31-29-27-25-23-21-18-16-14-12-10-8-6-4-2/h5,7,11,13,17-19,21-22,24,28,30,41H,3-4,6,8-10,12,14-16,20,23,25-27,29,31-40,44H2,1-2H3,(H,47,48)/b7-5+,13-11+,19-17+,21-18+,24-22+,30-28+/t41-/m1/s1. The number of hydrogen-bond acceptors (Lipinski definition) is 8. The van der Waals surface area contributed by atoms with Crippen LogP contribution >= 0.6 is 7.82 Å². The van der Waals surface area contributed by atoms with Crippen molar-refractivity contribution in [2.75, 3.05) is 26.4 Å². The predicted octanol–water partition coefficient (Wildman–Crippen LogP) is 11.5. The molecule has 0 radical (unpaired) electrons. The smallest absolute Gasteiger partial charge is 0.462 e. The van der Waals surface area contributed by atoms with E-state index in [-0.39, 0.29) is 32.6 Å². The van der Waals surface area contributed by atoms with Gasteiger partial charge in [0.25, 0.3) is 0 Å². The van der Waals surface area contributed by atoms with E-state index in [1.54, 1.807) is 0 Å². The monoisotopic (exact) mass is 764 g/mol. The van der Waals surface area contributed by atoms with Crippen molar-refractivity contribution in [2.24, 2.45) is 5.73 Å². The van der Waals surface area contributed by atoms with Gasteiger partial charge in [0.2, 0.25) is 0 Å². The quantitative estimate of drug-likeness (QED) is 0.0274. The summed E-state index contributed by atoms with van der Waals surface area (Å²) in [6.07, 6.45) is 46.5. The molecule has 0 aromatic heterocycles. The molecule has 0 aliphatic heterocycles. The van der Waals surface area contributed by atoms with Crippen molar-refractivity contribution in [2.45, 2.75) is 161 Å². The Morgan fingerprint density at radius 3 is 1.62 bits per heavy atom. The molecule has 0 heterocycles. The molecule has 0 saturated heterocycles. The second-order valence-electron chi connectivity index (χ2n) is 13.1. The first-order valence-corrected chi connectivity index (χ1v) is 21.9. The maximum Gasteiger partial charge on any atom is 0.472 e. The number of unbranched alkanes of at least 4 members (excludes halogenated alkanes) is 12. The lowest BCUT2D eigenvalue weighted by Gasteiger charge is -2.19. The van der Waals surface area contributed by atoms with E-state index in [1.165, 1.54) is 44.9 Å². The van der Waals surface area contributed by atoms with Crippen molar-refractivity contribution in [3.63, 3.8) is 0 Å². The fraction of sp³-hybridized carbons (Fsp3) is 0.674. The van der Waals surface area contributed by atoms with Crippen LogP contribution in [0.4, 0.5) is 0 Å². The maximum atomic E-state index is 12.5. The van der Waals surface area contributed by atoms with Crippen LogP contribution in [0.3, 0.4) is 0 Å². The number of phosphoric acid groups is 1. The maximum absolute atomic E-state index is 12.5. The highest BCUT2D eigenvalue weighted by molar-refractivity contribution is 7.47. The van der Waals surface area contributed by atoms with Gasteiger partial charge in [-0.3, -0.25) is 18.6 Å². The molecule has 0 aromatic rings. The molecule has 0 amide bonds. The number of hydrogen-bond donors (Lipinski definition) is 2. The highest BCUT2D eigenvalue weighted by Gasteiger charge is 2.25. The Bertz CT molecular complexity index is 1100. The van der Waals surface area contributed by atoms with Gasteiger partial charge in [0, 0.05) is 19.4 Å². The second kappa shape index (κ2) is 39.2. The van der Waals surface area contributed by atoms with E-state index in [0.29, 0.717) is 19.3 Å². The summed E-state index contributed by atoms with van der Waals surface area (Å²) in [5, 5.41) is 0. The largest absolute Gasteiger partial charge is 0.472 e. The van der Waals surface area contributed by atoms with E-state index in [0.717, 1.165) is 64.2 Å². The zero-order valence-corrected chi connectivity index (χ0v) is 34.1. The minimum Gasteiger partial charge on any atom is -0.462 e. The molecule has 3 N–H and O–H groups in total. The molecule has 2 atom stereocenters. The van der Waals surface area contributed by atoms with E-state index in [9.17, 15) is 19.0 Å². The molecule has 0 aromatic carbocycles. The molecule has 304 valence electrons. The zero-order valence-electron chi connectivity index (χ0n) is 33.2. The van der Waals surface area contributed by atoms with Crippen LogP contribution in [0.25, 0.3) is 0 Å². The normalized spacial score (nSPS) is 14.1. The number of allylic oxidation sites excluding steroid dienone is 12. The van der Waals surface area contributed by atoms with Crippen LogP contribution in [-0.2, 0) is 32.7 Å². The van der Waals surface area contributed by atoms with Gasteiger partial charge >= 0.3 is 19.8 Å². The van der Waals surface area contributed by atoms with Gasteiger partial charge in [-0.1, -0.05) is 138 Å². The lowest BCUT2D eigenvalue weighted by atomic mass is 10.1. The molecule has 0 aliphatic rings. The molecule has 0 aliphatic carbocycles. The zero-order chi connectivity index (χ0) is 38.9. The van der Waals surface area contributed by atoms with Crippen molar-refractivity contribution < 1.29 is 37.6 Å². The summed E-state index contributed by atoms with van der Waals surface area (Å²) in [6, 6.07) is 0. The lowest BCUT2D eigenvalue weighted by molar-refractivity contribution is -0.161. The van der Waals surface area contributed by atoms with E-state index in [4.69, 9.17) is 24.3 Å². The van der Waals surface area contributed by atoms with Gasteiger partial charge in [-0.05, 0) is 77.0 Å². The fourth-order valence-corrected chi connectivity index (χ4v) is 5.84. The highest BCUT2D eigenvalue weighted by atomic mass is 31.2. The summed E-state index contributed by atoms with van der Waals surface area (Å²) in [4.78, 5) is 34.8. The lowest BCUT2D eigenvalue weighted by Crippen LogP contribution is -2.29. The van der Waals surface area contributed by atoms with Crippen molar-refractivity contribution >= 4 is 19.8 Å². The molecule has 0 bridgehead atoms. The minimum atomic E-state index is -4.39. The third-order valence-corrected chi connectivity index (χ3v) is 9.06. The first-order valence-electron chi connectivity index (χ1n) is 20.4. The summed E-state index contributed by atoms with van der Waals surface area (Å²) in [7, 11) is -4.39. The number of carbonyl (C=O) groups is 2. The fourth-order valence-electron chi connectivity index (χ4n) is 5.07. The topological polar surface area (TPSA) is 134 Å². The number of nitrogens with two attached hydrogens (primary N) is 1. The highest BCUT2D eigenvalue weighted by Crippen LogP contribution is 2.43. The molecule has 0 saturated carbocycles. The Morgan fingerprint density at radius 1 is 0.585 bits per heavy atom. The van der Waals surface area contributed by atoms with Crippen molar-refractivity contribution in [3.05, 3.63) is 72.9 Å². The van der Waals surface area contributed by atoms with Crippen LogP contribution in [0.2, 0.25) is 0 Å². The summed E-state index contributed by atoms with van der Waals surface area (Å²) in [6.45, 7) is 3.51. The molecule has 53 heavy (non-hydrogen) atoms. The van der Waals surface area contributed by atoms with Crippen molar-refractivity contribution in [1.82, 2.24) is 0 Å². The number of phosphoric ester groups is 1. The van der Waals surface area contributed by atoms with Crippen LogP contribution in [-0.4, -0.2) is 49.3 Å². The number of esters is 2. The number of carbonyl (C=O) groups excluding carboxylic acids is 2. The molecule has 0 rings (SSSR count). The van der Waals surface area contributed by atoms with Gasteiger partial charge in [0.05, 0.1) is 13.2 Å². The Morgan fingerprint density at radius 2 is 1.06 bits per heavy atom. The SMILES string of the molecule is CC/C=C/C/C=C/C/C=C/C/C=C/C/C=C/CCCC(=O)O[C@H](COC(=O)CCCCCCC/C=C/CCCCCCCC)COP(=O)(O)OCCN. The Hall–Kier alpha value is -2.55. The first-order chi connectivity index (χ1) is 25.8. The van der Waals surface area contributed by atoms with Gasteiger partial charge in [-0.25, -0.2) is 4.57 Å². The van der Waals surface area contributed by atoms with Gasteiger partial charge < -0.3 is 20.1 Å². The summed E-state index contributed by atoms with van der Waals surface area (Å²) >= 11 is 0. The molecule has 0 spiro atoms. The number of ether oxygens (including phenoxy) is 2. The van der Waals surface area contributed by atoms with Crippen LogP contribution in [0, 0.1) is 0 Å². The van der Waals surface area contributed by atoms with Crippen LogP contribution in [0.5, 0.6) is 0 Å². The predicted molar refractivity (Wildman–Crippen MR) is 219 cm³/mol. The van der Waals surface area contributed by atoms with E-state index in [2.05, 4.69) is 80.7 Å². The van der Waals surface area contributed by atoms with E-state index < -0.39 is 32.5 Å². The average molecular weight is 764 g/mol. The molecule has 0 fully saturated rings. The summed E-state index contributed by atoms with van der Waals surface area (Å²) in [5.74, 6) is -0.913. The third-order valence-electron chi connectivity index (χ3n) is 8.08. The Kier molecular flexibility index (Phi) is 37.3. The Balaban J connectivity index is 4.32. The van der Waals surface area contributed by atoms with Crippen LogP contribution in [0.1, 0.15) is 155 Å². The van der Waals surface area contributed by atoms with Crippen molar-refractivity contribution in [1.29, 1.82) is 0 Å². The van der Waals surface area contributed by atoms with Gasteiger partial charge in [0.1, 0.15) is 6.61 Å². The average Bonchev–Trinajstić information content (AvgIpc) is 3.14. The summed E-state index contributed by atoms with van der Waals surface area (Å²) in [5.41, 5.74) is 5.33. The first kappa shape index (κ1) is 50.5. The second-order valence-corrected chi connectivity index (χ2v) is 14.6. The van der Waals surface area contributed by atoms with Crippen molar-refractivity contribution in [3.8, 4) is 0 Å². The van der Waals surface area contributed by atoms with Crippen LogP contribution in [0.15, 0.2) is 72.9 Å². The van der Waals surface area contributed by atoms with Crippen LogP contribution < -0.4 is 5.73 Å². The molecule has 9 nitrogen and oxygen atoms in total. The Labute approximate surface area is 322 Å². The molecular formula is C43H74NO8P. The van der Waals surface area contributed by atoms with Gasteiger partial charge in [-0.2, -0.15) is 0 Å². The van der Waals surface area contributed by atoms with Gasteiger partial charge in [-0.15, -0.1) is 0 Å². The molecule has 1 unspecified atom stereocenters. The van der Waals surface area contributed by atoms with E-state index >= 15 is 0 Å². The molecule has 10 heteroatoms.